The molecule has 2 aromatic carbocycles. The van der Waals surface area contributed by atoms with Gasteiger partial charge in [-0.25, -0.2) is 4.79 Å². The molecule has 0 bridgehead atoms. The van der Waals surface area contributed by atoms with Gasteiger partial charge < -0.3 is 24.7 Å². The van der Waals surface area contributed by atoms with Gasteiger partial charge in [0.15, 0.2) is 0 Å². The van der Waals surface area contributed by atoms with Gasteiger partial charge >= 0.3 is 5.97 Å². The van der Waals surface area contributed by atoms with E-state index in [4.69, 9.17) is 9.47 Å². The fraction of sp³-hybridized carbons (Fsp3) is 0.333. The highest BCUT2D eigenvalue weighted by Gasteiger charge is 2.27. The Labute approximate surface area is 201 Å². The number of carbonyl (C=O) groups excluding carboxylic acids is 2. The van der Waals surface area contributed by atoms with E-state index in [0.717, 1.165) is 46.4 Å². The zero-order valence-corrected chi connectivity index (χ0v) is 20.4. The van der Waals surface area contributed by atoms with Crippen LogP contribution in [0.25, 0.3) is 10.9 Å². The first-order valence-corrected chi connectivity index (χ1v) is 11.5. The largest absolute Gasteiger partial charge is 0.497 e. The summed E-state index contributed by atoms with van der Waals surface area (Å²) in [5.41, 5.74) is 2.52. The minimum atomic E-state index is -0.529. The second kappa shape index (κ2) is 9.84. The Morgan fingerprint density at radius 3 is 2.73 bits per heavy atom. The number of halogens is 1. The van der Waals surface area contributed by atoms with Crippen LogP contribution in [0.4, 0.5) is 11.4 Å². The van der Waals surface area contributed by atoms with Crippen LogP contribution in [0, 0.1) is 0 Å². The van der Waals surface area contributed by atoms with Crippen LogP contribution in [0.15, 0.2) is 46.9 Å². The van der Waals surface area contributed by atoms with Crippen LogP contribution in [0.2, 0.25) is 0 Å². The molecule has 33 heavy (non-hydrogen) atoms. The number of carbonyl (C=O) groups is 2. The lowest BCUT2D eigenvalue weighted by molar-refractivity contribution is -0.117. The van der Waals surface area contributed by atoms with Gasteiger partial charge in [0.1, 0.15) is 11.4 Å². The lowest BCUT2D eigenvalue weighted by Gasteiger charge is -2.41. The molecule has 9 heteroatoms. The quantitative estimate of drug-likeness (QED) is 0.485. The highest BCUT2D eigenvalue weighted by molar-refractivity contribution is 9.10. The predicted molar refractivity (Wildman–Crippen MR) is 132 cm³/mol. The topological polar surface area (TPSA) is 86.9 Å². The number of ether oxygens (including phenoxy) is 2. The first-order chi connectivity index (χ1) is 15.9. The van der Waals surface area contributed by atoms with Crippen molar-refractivity contribution in [1.29, 1.82) is 0 Å². The van der Waals surface area contributed by atoms with Gasteiger partial charge in [-0.15, -0.1) is 0 Å². The van der Waals surface area contributed by atoms with Crippen LogP contribution in [0.3, 0.4) is 0 Å². The molecule has 0 aliphatic carbocycles. The summed E-state index contributed by atoms with van der Waals surface area (Å²) in [6, 6.07) is 13.8. The average Bonchev–Trinajstić information content (AvgIpc) is 3.16. The number of anilines is 2. The number of methoxy groups -OCH3 is 2. The molecule has 1 atom stereocenters. The zero-order chi connectivity index (χ0) is 23.5. The van der Waals surface area contributed by atoms with Gasteiger partial charge in [-0.3, -0.25) is 9.69 Å². The lowest BCUT2D eigenvalue weighted by atomic mass is 10.1. The number of nitrogens with one attached hydrogen (secondary N) is 2. The van der Waals surface area contributed by atoms with E-state index < -0.39 is 5.97 Å². The van der Waals surface area contributed by atoms with E-state index in [2.05, 4.69) is 49.0 Å². The molecule has 2 heterocycles. The predicted octanol–water partition coefficient (Wildman–Crippen LogP) is 3.87. The summed E-state index contributed by atoms with van der Waals surface area (Å²) in [6.45, 7) is 4.68. The first kappa shape index (κ1) is 23.1. The van der Waals surface area contributed by atoms with Gasteiger partial charge in [-0.1, -0.05) is 22.0 Å². The van der Waals surface area contributed by atoms with Crippen LogP contribution in [0.5, 0.6) is 5.75 Å². The average molecular weight is 515 g/mol. The van der Waals surface area contributed by atoms with Crippen molar-refractivity contribution in [3.63, 3.8) is 0 Å². The molecule has 0 spiro atoms. The number of nitrogens with zero attached hydrogens (tertiary/aromatic N) is 2. The molecule has 8 nitrogen and oxygen atoms in total. The van der Waals surface area contributed by atoms with E-state index in [1.807, 2.05) is 36.4 Å². The van der Waals surface area contributed by atoms with Gasteiger partial charge in [0.25, 0.3) is 0 Å². The highest BCUT2D eigenvalue weighted by atomic mass is 79.9. The zero-order valence-electron chi connectivity index (χ0n) is 18.9. The number of rotatable bonds is 6. The molecule has 1 aromatic heterocycles. The Morgan fingerprint density at radius 2 is 2.00 bits per heavy atom. The number of benzene rings is 2. The van der Waals surface area contributed by atoms with E-state index in [9.17, 15) is 9.59 Å². The number of H-pyrrole nitrogens is 1. The summed E-state index contributed by atoms with van der Waals surface area (Å²) in [4.78, 5) is 32.7. The molecule has 0 radical (unpaired) electrons. The molecule has 1 aliphatic rings. The molecular weight excluding hydrogens is 488 g/mol. The number of aromatic amines is 1. The minimum Gasteiger partial charge on any atom is -0.497 e. The Balaban J connectivity index is 1.45. The lowest BCUT2D eigenvalue weighted by Crippen LogP contribution is -2.53. The number of amides is 1. The van der Waals surface area contributed by atoms with Crippen LogP contribution in [0.1, 0.15) is 17.4 Å². The smallest absolute Gasteiger partial charge is 0.356 e. The Kier molecular flexibility index (Phi) is 6.90. The second-order valence-corrected chi connectivity index (χ2v) is 9.00. The van der Waals surface area contributed by atoms with Gasteiger partial charge in [0.2, 0.25) is 5.91 Å². The van der Waals surface area contributed by atoms with Crippen molar-refractivity contribution in [2.24, 2.45) is 0 Å². The van der Waals surface area contributed by atoms with Gasteiger partial charge in [0.05, 0.1) is 26.5 Å². The van der Waals surface area contributed by atoms with Crippen molar-refractivity contribution in [2.75, 3.05) is 50.6 Å². The summed E-state index contributed by atoms with van der Waals surface area (Å²) in [5, 5.41) is 3.68. The fourth-order valence-electron chi connectivity index (χ4n) is 4.28. The van der Waals surface area contributed by atoms with E-state index in [1.54, 1.807) is 7.11 Å². The molecule has 1 saturated heterocycles. The third kappa shape index (κ3) is 4.99. The molecule has 0 saturated carbocycles. The molecule has 4 rings (SSSR count). The van der Waals surface area contributed by atoms with Crippen molar-refractivity contribution in [1.82, 2.24) is 9.88 Å². The summed E-state index contributed by atoms with van der Waals surface area (Å²) >= 11 is 3.45. The molecule has 3 aromatic rings. The van der Waals surface area contributed by atoms with E-state index in [0.29, 0.717) is 5.69 Å². The summed E-state index contributed by atoms with van der Waals surface area (Å²) in [5.74, 6) is 0.120. The fourth-order valence-corrected chi connectivity index (χ4v) is 4.64. The molecule has 2 N–H and O–H groups in total. The van der Waals surface area contributed by atoms with Crippen LogP contribution < -0.4 is 15.0 Å². The minimum absolute atomic E-state index is 0.178. The van der Waals surface area contributed by atoms with E-state index in [1.165, 1.54) is 7.11 Å². The molecule has 1 fully saturated rings. The monoisotopic (exact) mass is 514 g/mol. The van der Waals surface area contributed by atoms with Crippen molar-refractivity contribution < 1.29 is 19.1 Å². The van der Waals surface area contributed by atoms with Crippen LogP contribution in [-0.4, -0.2) is 68.2 Å². The van der Waals surface area contributed by atoms with Crippen molar-refractivity contribution in [3.8, 4) is 5.75 Å². The molecule has 0 unspecified atom stereocenters. The van der Waals surface area contributed by atoms with Crippen molar-refractivity contribution in [2.45, 2.75) is 13.0 Å². The Hall–Kier alpha value is -3.04. The third-order valence-corrected chi connectivity index (χ3v) is 6.37. The normalized spacial score (nSPS) is 16.6. The van der Waals surface area contributed by atoms with Gasteiger partial charge in [-0.2, -0.15) is 0 Å². The number of fused-ring (bicyclic) bond motifs is 1. The van der Waals surface area contributed by atoms with Crippen LogP contribution >= 0.6 is 15.9 Å². The van der Waals surface area contributed by atoms with E-state index >= 15 is 0 Å². The number of piperazine rings is 1. The maximum atomic E-state index is 13.0. The van der Waals surface area contributed by atoms with Gasteiger partial charge in [0, 0.05) is 52.8 Å². The third-order valence-electron chi connectivity index (χ3n) is 5.88. The number of hydrogen-bond acceptors (Lipinski definition) is 6. The standard InChI is InChI=1S/C24H27BrN4O4/c1-15-13-28(9-10-29(15)17-5-4-6-18(12-17)32-2)14-21(30)27-22-19-11-16(25)7-8-20(19)26-23(22)24(31)33-3/h4-8,11-12,15,26H,9-10,13-14H2,1-3H3,(H,27,30)/t15-/m0/s1. The number of aromatic nitrogens is 1. The summed E-state index contributed by atoms with van der Waals surface area (Å²) in [7, 11) is 2.98. The summed E-state index contributed by atoms with van der Waals surface area (Å²) in [6.07, 6.45) is 0. The molecule has 174 valence electrons. The maximum Gasteiger partial charge on any atom is 0.356 e. The number of hydrogen-bond donors (Lipinski definition) is 2. The SMILES string of the molecule is COC(=O)c1[nH]c2ccc(Br)cc2c1NC(=O)CN1CCN(c2cccc(OC)c2)[C@@H](C)C1. The molecular formula is C24H27BrN4O4. The van der Waals surface area contributed by atoms with Crippen molar-refractivity contribution in [3.05, 3.63) is 52.6 Å². The second-order valence-electron chi connectivity index (χ2n) is 8.08. The molecule has 1 amide bonds. The first-order valence-electron chi connectivity index (χ1n) is 10.7. The van der Waals surface area contributed by atoms with Crippen LogP contribution in [-0.2, 0) is 9.53 Å². The molecule has 1 aliphatic heterocycles. The van der Waals surface area contributed by atoms with Crippen molar-refractivity contribution >= 4 is 50.1 Å². The number of esters is 1. The summed E-state index contributed by atoms with van der Waals surface area (Å²) < 4.78 is 11.1. The Bertz CT molecular complexity index is 1180. The maximum absolute atomic E-state index is 13.0. The van der Waals surface area contributed by atoms with E-state index in [-0.39, 0.29) is 24.2 Å². The van der Waals surface area contributed by atoms with Gasteiger partial charge in [-0.05, 0) is 37.3 Å². The highest BCUT2D eigenvalue weighted by Crippen LogP contribution is 2.31. The Morgan fingerprint density at radius 1 is 1.18 bits per heavy atom.